The van der Waals surface area contributed by atoms with Gasteiger partial charge >= 0.3 is 0 Å². The van der Waals surface area contributed by atoms with E-state index in [4.69, 9.17) is 0 Å². The highest BCUT2D eigenvalue weighted by Gasteiger charge is 2.30. The average Bonchev–Trinajstić information content (AvgIpc) is 3.25. The number of rotatable bonds is 5. The number of halogens is 1. The highest BCUT2D eigenvalue weighted by Crippen LogP contribution is 2.29. The number of anilines is 2. The molecule has 1 aliphatic carbocycles. The minimum absolute atomic E-state index is 0.0519. The lowest BCUT2D eigenvalue weighted by atomic mass is 10.3. The Bertz CT molecular complexity index is 694. The smallest absolute Gasteiger partial charge is 0.246 e. The van der Waals surface area contributed by atoms with Crippen molar-refractivity contribution in [2.24, 2.45) is 5.92 Å². The Morgan fingerprint density at radius 3 is 2.64 bits per heavy atom. The third-order valence-corrected chi connectivity index (χ3v) is 3.17. The van der Waals surface area contributed by atoms with Crippen LogP contribution in [0.25, 0.3) is 0 Å². The fourth-order valence-corrected chi connectivity index (χ4v) is 1.89. The van der Waals surface area contributed by atoms with Crippen LogP contribution in [0.5, 0.6) is 0 Å². The van der Waals surface area contributed by atoms with Crippen molar-refractivity contribution in [2.45, 2.75) is 19.4 Å². The Labute approximate surface area is 125 Å². The molecule has 0 radical (unpaired) electrons. The van der Waals surface area contributed by atoms with Gasteiger partial charge in [0.25, 0.3) is 0 Å². The molecule has 114 valence electrons. The second kappa shape index (κ2) is 5.92. The standard InChI is InChI=1S/C14H14FN5O2/c15-10-3-5-11(6-4-10)16-13(21)8-20-7-12(18-19-20)17-14(22)9-1-2-9/h3-7,9H,1-2,8H2,(H,16,21)(H,17,22). The lowest BCUT2D eigenvalue weighted by molar-refractivity contribution is -0.117. The zero-order valence-electron chi connectivity index (χ0n) is 11.6. The summed E-state index contributed by atoms with van der Waals surface area (Å²) in [6.07, 6.45) is 3.30. The monoisotopic (exact) mass is 303 g/mol. The molecule has 1 heterocycles. The van der Waals surface area contributed by atoms with E-state index in [0.29, 0.717) is 11.5 Å². The highest BCUT2D eigenvalue weighted by atomic mass is 19.1. The van der Waals surface area contributed by atoms with Crippen molar-refractivity contribution in [3.63, 3.8) is 0 Å². The first kappa shape index (κ1) is 14.2. The van der Waals surface area contributed by atoms with Crippen LogP contribution in [0.1, 0.15) is 12.8 Å². The molecule has 0 aliphatic heterocycles. The van der Waals surface area contributed by atoms with Crippen LogP contribution >= 0.6 is 0 Å². The quantitative estimate of drug-likeness (QED) is 0.874. The maximum Gasteiger partial charge on any atom is 0.246 e. The summed E-state index contributed by atoms with van der Waals surface area (Å²) >= 11 is 0. The molecule has 0 saturated heterocycles. The molecule has 1 aliphatic rings. The van der Waals surface area contributed by atoms with Crippen molar-refractivity contribution in [3.8, 4) is 0 Å². The number of nitrogens with one attached hydrogen (secondary N) is 2. The van der Waals surface area contributed by atoms with E-state index in [9.17, 15) is 14.0 Å². The number of nitrogens with zero attached hydrogens (tertiary/aromatic N) is 3. The molecule has 0 unspecified atom stereocenters. The summed E-state index contributed by atoms with van der Waals surface area (Å²) in [4.78, 5) is 23.4. The van der Waals surface area contributed by atoms with E-state index < -0.39 is 0 Å². The zero-order valence-corrected chi connectivity index (χ0v) is 11.6. The first-order valence-corrected chi connectivity index (χ1v) is 6.86. The highest BCUT2D eigenvalue weighted by molar-refractivity contribution is 5.93. The topological polar surface area (TPSA) is 88.9 Å². The predicted octanol–water partition coefficient (Wildman–Crippen LogP) is 1.40. The molecule has 2 N–H and O–H groups in total. The molecule has 8 heteroatoms. The van der Waals surface area contributed by atoms with Crippen molar-refractivity contribution in [1.82, 2.24) is 15.0 Å². The van der Waals surface area contributed by atoms with Crippen molar-refractivity contribution in [1.29, 1.82) is 0 Å². The van der Waals surface area contributed by atoms with Gasteiger partial charge in [-0.15, -0.1) is 5.10 Å². The molecule has 22 heavy (non-hydrogen) atoms. The molecule has 0 spiro atoms. The van der Waals surface area contributed by atoms with E-state index in [1.54, 1.807) is 0 Å². The summed E-state index contributed by atoms with van der Waals surface area (Å²) in [5, 5.41) is 12.8. The molecule has 0 bridgehead atoms. The second-order valence-electron chi connectivity index (χ2n) is 5.12. The van der Waals surface area contributed by atoms with E-state index in [-0.39, 0.29) is 30.1 Å². The molecular formula is C14H14FN5O2. The minimum atomic E-state index is -0.370. The van der Waals surface area contributed by atoms with Gasteiger partial charge < -0.3 is 10.6 Å². The number of aromatic nitrogens is 3. The van der Waals surface area contributed by atoms with E-state index in [1.807, 2.05) is 0 Å². The van der Waals surface area contributed by atoms with Crippen LogP contribution in [0.15, 0.2) is 30.5 Å². The van der Waals surface area contributed by atoms with Crippen molar-refractivity contribution in [3.05, 3.63) is 36.3 Å². The van der Waals surface area contributed by atoms with Crippen LogP contribution < -0.4 is 10.6 Å². The Kier molecular flexibility index (Phi) is 3.82. The molecule has 1 saturated carbocycles. The summed E-state index contributed by atoms with van der Waals surface area (Å²) in [7, 11) is 0. The SMILES string of the molecule is O=C(Cn1cc(NC(=O)C2CC2)nn1)Nc1ccc(F)cc1. The van der Waals surface area contributed by atoms with Crippen molar-refractivity contribution < 1.29 is 14.0 Å². The van der Waals surface area contributed by atoms with Crippen molar-refractivity contribution >= 4 is 23.3 Å². The van der Waals surface area contributed by atoms with Crippen LogP contribution in [0.3, 0.4) is 0 Å². The van der Waals surface area contributed by atoms with Crippen LogP contribution in [-0.2, 0) is 16.1 Å². The van der Waals surface area contributed by atoms with Gasteiger partial charge in [0.2, 0.25) is 11.8 Å². The number of benzene rings is 1. The van der Waals surface area contributed by atoms with Crippen LogP contribution in [0.4, 0.5) is 15.9 Å². The first-order chi connectivity index (χ1) is 10.6. The molecule has 1 aromatic heterocycles. The van der Waals surface area contributed by atoms with Crippen LogP contribution in [-0.4, -0.2) is 26.8 Å². The van der Waals surface area contributed by atoms with Gasteiger partial charge in [-0.2, -0.15) is 0 Å². The van der Waals surface area contributed by atoms with Gasteiger partial charge in [-0.05, 0) is 37.1 Å². The molecule has 2 amide bonds. The Morgan fingerprint density at radius 2 is 1.95 bits per heavy atom. The fraction of sp³-hybridized carbons (Fsp3) is 0.286. The summed E-state index contributed by atoms with van der Waals surface area (Å²) in [5.74, 6) is -0.358. The van der Waals surface area contributed by atoms with Crippen molar-refractivity contribution in [2.75, 3.05) is 10.6 Å². The second-order valence-corrected chi connectivity index (χ2v) is 5.12. The lowest BCUT2D eigenvalue weighted by Crippen LogP contribution is -2.19. The number of carbonyl (C=O) groups excluding carboxylic acids is 2. The Balaban J connectivity index is 1.53. The lowest BCUT2D eigenvalue weighted by Gasteiger charge is -2.04. The summed E-state index contributed by atoms with van der Waals surface area (Å²) in [6.45, 7) is -0.0519. The predicted molar refractivity (Wildman–Crippen MR) is 76.4 cm³/mol. The number of amides is 2. The van der Waals surface area contributed by atoms with E-state index in [0.717, 1.165) is 12.8 Å². The van der Waals surface area contributed by atoms with E-state index >= 15 is 0 Å². The number of hydrogen-bond donors (Lipinski definition) is 2. The molecular weight excluding hydrogens is 289 g/mol. The summed E-state index contributed by atoms with van der Waals surface area (Å²) in [6, 6.07) is 5.46. The Morgan fingerprint density at radius 1 is 1.23 bits per heavy atom. The number of carbonyl (C=O) groups is 2. The third-order valence-electron chi connectivity index (χ3n) is 3.17. The first-order valence-electron chi connectivity index (χ1n) is 6.86. The molecule has 1 fully saturated rings. The van der Waals surface area contributed by atoms with E-state index in [2.05, 4.69) is 20.9 Å². The van der Waals surface area contributed by atoms with Gasteiger partial charge in [-0.3, -0.25) is 9.59 Å². The molecule has 3 rings (SSSR count). The van der Waals surface area contributed by atoms with E-state index in [1.165, 1.54) is 35.1 Å². The van der Waals surface area contributed by atoms with Crippen LogP contribution in [0, 0.1) is 11.7 Å². The van der Waals surface area contributed by atoms with Gasteiger partial charge in [0.05, 0.1) is 6.20 Å². The third kappa shape index (κ3) is 3.66. The number of hydrogen-bond acceptors (Lipinski definition) is 4. The van der Waals surface area contributed by atoms with Gasteiger partial charge in [-0.25, -0.2) is 9.07 Å². The molecule has 2 aromatic rings. The maximum absolute atomic E-state index is 12.8. The minimum Gasteiger partial charge on any atom is -0.324 e. The molecule has 0 atom stereocenters. The normalized spacial score (nSPS) is 13.7. The van der Waals surface area contributed by atoms with Gasteiger partial charge in [0.1, 0.15) is 12.4 Å². The van der Waals surface area contributed by atoms with Gasteiger partial charge in [0.15, 0.2) is 5.82 Å². The maximum atomic E-state index is 12.8. The zero-order chi connectivity index (χ0) is 15.5. The van der Waals surface area contributed by atoms with Gasteiger partial charge in [0, 0.05) is 11.6 Å². The Hall–Kier alpha value is -2.77. The molecule has 7 nitrogen and oxygen atoms in total. The fourth-order valence-electron chi connectivity index (χ4n) is 1.89. The average molecular weight is 303 g/mol. The summed E-state index contributed by atoms with van der Waals surface area (Å²) in [5.41, 5.74) is 0.494. The molecule has 1 aromatic carbocycles. The largest absolute Gasteiger partial charge is 0.324 e. The van der Waals surface area contributed by atoms with Crippen LogP contribution in [0.2, 0.25) is 0 Å². The van der Waals surface area contributed by atoms with Gasteiger partial charge in [-0.1, -0.05) is 5.21 Å². The summed E-state index contributed by atoms with van der Waals surface area (Å²) < 4.78 is 14.1.